The number of benzene rings is 1. The van der Waals surface area contributed by atoms with Crippen LogP contribution in [0.5, 0.6) is 0 Å². The van der Waals surface area contributed by atoms with Crippen LogP contribution < -0.4 is 5.32 Å². The molecule has 26 heavy (non-hydrogen) atoms. The Morgan fingerprint density at radius 3 is 2.77 bits per heavy atom. The molecular formula is C17H16N6OS2. The molecule has 3 aromatic rings. The highest BCUT2D eigenvalue weighted by atomic mass is 32.2. The number of aromatic nitrogens is 4. The van der Waals surface area contributed by atoms with Gasteiger partial charge in [0.1, 0.15) is 11.1 Å². The van der Waals surface area contributed by atoms with Crippen LogP contribution >= 0.6 is 23.1 Å². The van der Waals surface area contributed by atoms with Gasteiger partial charge in [0.25, 0.3) is 0 Å². The van der Waals surface area contributed by atoms with Gasteiger partial charge < -0.3 is 5.32 Å². The molecule has 0 unspecified atom stereocenters. The average Bonchev–Trinajstić information content (AvgIpc) is 3.24. The van der Waals surface area contributed by atoms with Gasteiger partial charge in [-0.1, -0.05) is 30.0 Å². The summed E-state index contributed by atoms with van der Waals surface area (Å²) in [5, 5.41) is 26.2. The number of hydrogen-bond acceptors (Lipinski definition) is 7. The second-order valence-corrected chi connectivity index (χ2v) is 7.86. The van der Waals surface area contributed by atoms with Gasteiger partial charge >= 0.3 is 0 Å². The number of rotatable bonds is 5. The maximum absolute atomic E-state index is 12.5. The van der Waals surface area contributed by atoms with Gasteiger partial charge in [-0.2, -0.15) is 9.94 Å². The summed E-state index contributed by atoms with van der Waals surface area (Å²) in [6.07, 6.45) is 0. The zero-order valence-electron chi connectivity index (χ0n) is 14.4. The summed E-state index contributed by atoms with van der Waals surface area (Å²) in [4.78, 5) is 12.5. The van der Waals surface area contributed by atoms with Gasteiger partial charge in [-0.25, -0.2) is 0 Å². The molecule has 0 radical (unpaired) electrons. The lowest BCUT2D eigenvalue weighted by Crippen LogP contribution is -2.22. The van der Waals surface area contributed by atoms with Gasteiger partial charge in [0.2, 0.25) is 11.1 Å². The number of nitrogens with one attached hydrogen (secondary N) is 1. The Bertz CT molecular complexity index is 967. The molecule has 1 N–H and O–H groups in total. The molecule has 0 bridgehead atoms. The molecule has 1 amide bonds. The fourth-order valence-electron chi connectivity index (χ4n) is 2.45. The zero-order valence-corrected chi connectivity index (χ0v) is 16.1. The molecule has 3 rings (SSSR count). The number of nitrogens with zero attached hydrogens (tertiary/aromatic N) is 5. The summed E-state index contributed by atoms with van der Waals surface area (Å²) < 4.78 is 1.66. The number of carbonyl (C=O) groups excluding carboxylic acids is 1. The van der Waals surface area contributed by atoms with E-state index in [4.69, 9.17) is 5.26 Å². The Balaban J connectivity index is 1.79. The summed E-state index contributed by atoms with van der Waals surface area (Å²) in [5.41, 5.74) is 3.47. The molecule has 0 saturated heterocycles. The van der Waals surface area contributed by atoms with Crippen LogP contribution in [0.25, 0.3) is 5.69 Å². The summed E-state index contributed by atoms with van der Waals surface area (Å²) in [6, 6.07) is 9.71. The van der Waals surface area contributed by atoms with Crippen LogP contribution in [0.3, 0.4) is 0 Å². The zero-order chi connectivity index (χ0) is 18.7. The lowest BCUT2D eigenvalue weighted by molar-refractivity contribution is -0.115. The van der Waals surface area contributed by atoms with Crippen molar-refractivity contribution in [3.05, 3.63) is 46.3 Å². The van der Waals surface area contributed by atoms with Crippen molar-refractivity contribution >= 4 is 34.0 Å². The number of para-hydroxylation sites is 1. The molecule has 0 fully saturated rings. The van der Waals surface area contributed by atoms with Crippen molar-refractivity contribution in [1.29, 1.82) is 5.26 Å². The van der Waals surface area contributed by atoms with Crippen LogP contribution in [-0.2, 0) is 4.79 Å². The normalized spacial score (nSPS) is 11.8. The third-order valence-corrected chi connectivity index (χ3v) is 5.63. The number of tetrazole rings is 1. The minimum atomic E-state index is -0.433. The van der Waals surface area contributed by atoms with E-state index in [1.165, 1.54) is 23.1 Å². The van der Waals surface area contributed by atoms with Gasteiger partial charge in [-0.05, 0) is 53.8 Å². The van der Waals surface area contributed by atoms with Crippen LogP contribution in [0.4, 0.5) is 5.00 Å². The van der Waals surface area contributed by atoms with Crippen LogP contribution in [0, 0.1) is 25.2 Å². The summed E-state index contributed by atoms with van der Waals surface area (Å²) in [7, 11) is 0. The molecule has 2 aromatic heterocycles. The number of thiophene rings is 1. The van der Waals surface area contributed by atoms with Crippen LogP contribution in [0.1, 0.15) is 23.6 Å². The van der Waals surface area contributed by atoms with E-state index in [-0.39, 0.29) is 5.91 Å². The van der Waals surface area contributed by atoms with Gasteiger partial charge in [-0.3, -0.25) is 4.79 Å². The first-order valence-corrected chi connectivity index (χ1v) is 9.57. The van der Waals surface area contributed by atoms with Gasteiger partial charge in [-0.15, -0.1) is 16.4 Å². The molecule has 1 aromatic carbocycles. The Morgan fingerprint density at radius 1 is 1.35 bits per heavy atom. The second-order valence-electron chi connectivity index (χ2n) is 5.64. The number of aryl methyl sites for hydroxylation is 2. The topological polar surface area (TPSA) is 96.5 Å². The average molecular weight is 384 g/mol. The molecule has 7 nitrogen and oxygen atoms in total. The highest BCUT2D eigenvalue weighted by Gasteiger charge is 2.21. The Hall–Kier alpha value is -2.70. The summed E-state index contributed by atoms with van der Waals surface area (Å²) >= 11 is 2.59. The van der Waals surface area contributed by atoms with Crippen molar-refractivity contribution in [1.82, 2.24) is 20.2 Å². The molecule has 1 atom stereocenters. The maximum atomic E-state index is 12.5. The van der Waals surface area contributed by atoms with Crippen molar-refractivity contribution in [2.24, 2.45) is 0 Å². The molecule has 0 aliphatic rings. The van der Waals surface area contributed by atoms with Crippen LogP contribution in [-0.4, -0.2) is 31.4 Å². The molecule has 0 aliphatic heterocycles. The quantitative estimate of drug-likeness (QED) is 0.678. The van der Waals surface area contributed by atoms with Crippen molar-refractivity contribution in [2.45, 2.75) is 31.2 Å². The highest BCUT2D eigenvalue weighted by molar-refractivity contribution is 8.00. The van der Waals surface area contributed by atoms with Crippen molar-refractivity contribution < 1.29 is 4.79 Å². The van der Waals surface area contributed by atoms with E-state index in [1.54, 1.807) is 23.1 Å². The fraction of sp³-hybridized carbons (Fsp3) is 0.235. The number of nitriles is 1. The predicted octanol–water partition coefficient (Wildman–Crippen LogP) is 3.33. The van der Waals surface area contributed by atoms with Gasteiger partial charge in [0, 0.05) is 0 Å². The fourth-order valence-corrected chi connectivity index (χ4v) is 3.99. The van der Waals surface area contributed by atoms with Crippen LogP contribution in [0.2, 0.25) is 0 Å². The van der Waals surface area contributed by atoms with Gasteiger partial charge in [0.15, 0.2) is 0 Å². The third-order valence-electron chi connectivity index (χ3n) is 3.77. The van der Waals surface area contributed by atoms with Crippen molar-refractivity contribution in [3.63, 3.8) is 0 Å². The minimum Gasteiger partial charge on any atom is -0.316 e. The third kappa shape index (κ3) is 3.61. The lowest BCUT2D eigenvalue weighted by atomic mass is 10.1. The maximum Gasteiger partial charge on any atom is 0.238 e. The van der Waals surface area contributed by atoms with Crippen molar-refractivity contribution in [2.75, 3.05) is 5.32 Å². The molecule has 0 spiro atoms. The van der Waals surface area contributed by atoms with E-state index in [0.717, 1.165) is 16.8 Å². The minimum absolute atomic E-state index is 0.204. The Kier molecular flexibility index (Phi) is 5.35. The Labute approximate surface area is 159 Å². The number of carbonyl (C=O) groups is 1. The van der Waals surface area contributed by atoms with Crippen molar-refractivity contribution in [3.8, 4) is 11.8 Å². The first-order chi connectivity index (χ1) is 12.5. The Morgan fingerprint density at radius 2 is 2.08 bits per heavy atom. The van der Waals surface area contributed by atoms with E-state index in [1.807, 2.05) is 32.0 Å². The lowest BCUT2D eigenvalue weighted by Gasteiger charge is -2.13. The molecular weight excluding hydrogens is 368 g/mol. The predicted molar refractivity (Wildman–Crippen MR) is 102 cm³/mol. The first kappa shape index (κ1) is 18.1. The molecule has 132 valence electrons. The monoisotopic (exact) mass is 384 g/mol. The van der Waals surface area contributed by atoms with Crippen LogP contribution in [0.15, 0.2) is 34.8 Å². The number of amides is 1. The van der Waals surface area contributed by atoms with Gasteiger partial charge in [0.05, 0.1) is 16.5 Å². The van der Waals surface area contributed by atoms with E-state index < -0.39 is 5.25 Å². The molecule has 9 heteroatoms. The summed E-state index contributed by atoms with van der Waals surface area (Å²) in [6.45, 7) is 5.77. The SMILES string of the molecule is Cc1cccc(C)c1-n1nnnc1S[C@@H](C)C(=O)Nc1sccc1C#N. The summed E-state index contributed by atoms with van der Waals surface area (Å²) in [5.74, 6) is -0.204. The van der Waals surface area contributed by atoms with E-state index in [9.17, 15) is 4.79 Å². The van der Waals surface area contributed by atoms with E-state index in [0.29, 0.717) is 15.7 Å². The molecule has 0 aliphatic carbocycles. The highest BCUT2D eigenvalue weighted by Crippen LogP contribution is 2.28. The molecule has 2 heterocycles. The number of anilines is 1. The van der Waals surface area contributed by atoms with E-state index >= 15 is 0 Å². The number of thioether (sulfide) groups is 1. The standard InChI is InChI=1S/C17H16N6OS2/c1-10-5-4-6-11(2)14(10)23-17(20-21-22-23)26-12(3)15(24)19-16-13(9-18)7-8-25-16/h4-8,12H,1-3H3,(H,19,24)/t12-/m0/s1. The number of hydrogen-bond donors (Lipinski definition) is 1. The van der Waals surface area contributed by atoms with E-state index in [2.05, 4.69) is 26.9 Å². The first-order valence-electron chi connectivity index (χ1n) is 7.81. The smallest absolute Gasteiger partial charge is 0.238 e. The largest absolute Gasteiger partial charge is 0.316 e. The second kappa shape index (κ2) is 7.68. The molecule has 0 saturated carbocycles.